The Bertz CT molecular complexity index is 84.6. The van der Waals surface area contributed by atoms with Crippen LogP contribution in [0.3, 0.4) is 0 Å². The van der Waals surface area contributed by atoms with Crippen molar-refractivity contribution in [3.05, 3.63) is 12.2 Å². The summed E-state index contributed by atoms with van der Waals surface area (Å²) in [6, 6.07) is 0. The first-order chi connectivity index (χ1) is 4.22. The Morgan fingerprint density at radius 1 is 1.44 bits per heavy atom. The molecule has 0 amide bonds. The Balaban J connectivity index is 3.68. The lowest BCUT2D eigenvalue weighted by Gasteiger charge is -2.12. The van der Waals surface area contributed by atoms with Gasteiger partial charge in [-0.05, 0) is 12.8 Å². The van der Waals surface area contributed by atoms with Crippen LogP contribution in [0.25, 0.3) is 0 Å². The molecule has 9 heavy (non-hydrogen) atoms. The van der Waals surface area contributed by atoms with Crippen LogP contribution in [0.1, 0.15) is 20.8 Å². The normalized spacial score (nSPS) is 15.2. The number of aliphatic hydroxyl groups is 1. The number of hydrogen-bond donors (Lipinski definition) is 1. The van der Waals surface area contributed by atoms with E-state index in [2.05, 4.69) is 13.8 Å². The quantitative estimate of drug-likeness (QED) is 0.575. The van der Waals surface area contributed by atoms with Crippen molar-refractivity contribution in [3.8, 4) is 0 Å². The Morgan fingerprint density at radius 2 is 2.00 bits per heavy atom. The Hall–Kier alpha value is -0.300. The third-order valence-electron chi connectivity index (χ3n) is 1.51. The van der Waals surface area contributed by atoms with Crippen LogP contribution >= 0.6 is 0 Å². The third kappa shape index (κ3) is 3.31. The highest BCUT2D eigenvalue weighted by Gasteiger charge is 2.05. The van der Waals surface area contributed by atoms with E-state index in [9.17, 15) is 0 Å². The van der Waals surface area contributed by atoms with Gasteiger partial charge >= 0.3 is 0 Å². The van der Waals surface area contributed by atoms with E-state index in [0.717, 1.165) is 0 Å². The summed E-state index contributed by atoms with van der Waals surface area (Å²) in [4.78, 5) is 0. The maximum absolute atomic E-state index is 8.78. The fourth-order valence-corrected chi connectivity index (χ4v) is 0.741. The summed E-state index contributed by atoms with van der Waals surface area (Å²) in [5.74, 6) is 0.890. The predicted molar refractivity (Wildman–Crippen MR) is 40.2 cm³/mol. The Labute approximate surface area is 57.4 Å². The Morgan fingerprint density at radius 3 is 2.11 bits per heavy atom. The van der Waals surface area contributed by atoms with Crippen molar-refractivity contribution >= 4 is 0 Å². The predicted octanol–water partition coefficient (Wildman–Crippen LogP) is 1.83. The molecule has 0 heterocycles. The summed E-state index contributed by atoms with van der Waals surface area (Å²) < 4.78 is 0. The largest absolute Gasteiger partial charge is 0.396 e. The van der Waals surface area contributed by atoms with Crippen molar-refractivity contribution in [2.24, 2.45) is 11.8 Å². The van der Waals surface area contributed by atoms with Crippen LogP contribution in [0.4, 0.5) is 0 Å². The number of rotatable bonds is 3. The summed E-state index contributed by atoms with van der Waals surface area (Å²) in [6.45, 7) is 6.47. The molecule has 0 aromatic rings. The minimum atomic E-state index is 0.266. The SMILES string of the molecule is C/C=C/[C@@H](CO)C(C)C. The molecule has 0 fully saturated rings. The molecule has 1 heteroatoms. The molecular formula is C8H16O. The van der Waals surface area contributed by atoms with Crippen molar-refractivity contribution in [3.63, 3.8) is 0 Å². The van der Waals surface area contributed by atoms with Crippen molar-refractivity contribution in [1.29, 1.82) is 0 Å². The lowest BCUT2D eigenvalue weighted by molar-refractivity contribution is 0.221. The molecular weight excluding hydrogens is 112 g/mol. The molecule has 0 spiro atoms. The summed E-state index contributed by atoms with van der Waals surface area (Å²) in [5.41, 5.74) is 0. The van der Waals surface area contributed by atoms with Crippen molar-refractivity contribution in [1.82, 2.24) is 0 Å². The molecule has 1 N–H and O–H groups in total. The van der Waals surface area contributed by atoms with Gasteiger partial charge in [0.15, 0.2) is 0 Å². The van der Waals surface area contributed by atoms with Gasteiger partial charge in [-0.1, -0.05) is 26.0 Å². The molecule has 0 aliphatic carbocycles. The zero-order chi connectivity index (χ0) is 7.28. The maximum atomic E-state index is 8.78. The summed E-state index contributed by atoms with van der Waals surface area (Å²) in [5, 5.41) is 8.78. The molecule has 0 saturated heterocycles. The van der Waals surface area contributed by atoms with Crippen molar-refractivity contribution in [2.45, 2.75) is 20.8 Å². The van der Waals surface area contributed by atoms with E-state index < -0.39 is 0 Å². The first-order valence-corrected chi connectivity index (χ1v) is 3.46. The van der Waals surface area contributed by atoms with Gasteiger partial charge in [0.1, 0.15) is 0 Å². The van der Waals surface area contributed by atoms with Gasteiger partial charge in [0, 0.05) is 12.5 Å². The Kier molecular flexibility index (Phi) is 4.41. The number of hydrogen-bond acceptors (Lipinski definition) is 1. The highest BCUT2D eigenvalue weighted by atomic mass is 16.3. The van der Waals surface area contributed by atoms with Gasteiger partial charge in [-0.3, -0.25) is 0 Å². The summed E-state index contributed by atoms with van der Waals surface area (Å²) in [7, 11) is 0. The van der Waals surface area contributed by atoms with Gasteiger partial charge in [-0.2, -0.15) is 0 Å². The zero-order valence-electron chi connectivity index (χ0n) is 6.46. The summed E-state index contributed by atoms with van der Waals surface area (Å²) in [6.07, 6.45) is 4.03. The van der Waals surface area contributed by atoms with Gasteiger partial charge in [-0.25, -0.2) is 0 Å². The second kappa shape index (κ2) is 4.57. The van der Waals surface area contributed by atoms with E-state index >= 15 is 0 Å². The number of aliphatic hydroxyl groups excluding tert-OH is 1. The lowest BCUT2D eigenvalue weighted by Crippen LogP contribution is -2.09. The van der Waals surface area contributed by atoms with Gasteiger partial charge in [-0.15, -0.1) is 0 Å². The van der Waals surface area contributed by atoms with E-state index in [1.54, 1.807) is 0 Å². The van der Waals surface area contributed by atoms with E-state index in [-0.39, 0.29) is 6.61 Å². The molecule has 0 aliphatic rings. The molecule has 1 atom stereocenters. The first-order valence-electron chi connectivity index (χ1n) is 3.46. The van der Waals surface area contributed by atoms with Crippen LogP contribution in [0, 0.1) is 11.8 Å². The van der Waals surface area contributed by atoms with Crippen LogP contribution in [-0.2, 0) is 0 Å². The van der Waals surface area contributed by atoms with Crippen LogP contribution in [0.2, 0.25) is 0 Å². The highest BCUT2D eigenvalue weighted by molar-refractivity contribution is 4.86. The topological polar surface area (TPSA) is 20.2 Å². The van der Waals surface area contributed by atoms with Gasteiger partial charge in [0.25, 0.3) is 0 Å². The molecule has 1 nitrogen and oxygen atoms in total. The van der Waals surface area contributed by atoms with Crippen LogP contribution < -0.4 is 0 Å². The van der Waals surface area contributed by atoms with Crippen LogP contribution in [-0.4, -0.2) is 11.7 Å². The van der Waals surface area contributed by atoms with Crippen LogP contribution in [0.5, 0.6) is 0 Å². The zero-order valence-corrected chi connectivity index (χ0v) is 6.46. The van der Waals surface area contributed by atoms with Crippen molar-refractivity contribution in [2.75, 3.05) is 6.61 Å². The molecule has 0 aromatic heterocycles. The molecule has 0 aromatic carbocycles. The summed E-state index contributed by atoms with van der Waals surface area (Å²) >= 11 is 0. The van der Waals surface area contributed by atoms with Gasteiger partial charge < -0.3 is 5.11 Å². The molecule has 0 bridgehead atoms. The highest BCUT2D eigenvalue weighted by Crippen LogP contribution is 2.10. The molecule has 0 rings (SSSR count). The third-order valence-corrected chi connectivity index (χ3v) is 1.51. The minimum Gasteiger partial charge on any atom is -0.396 e. The van der Waals surface area contributed by atoms with E-state index in [0.29, 0.717) is 11.8 Å². The molecule has 0 unspecified atom stereocenters. The molecule has 54 valence electrons. The standard InChI is InChI=1S/C8H16O/c1-4-5-8(6-9)7(2)3/h4-5,7-9H,6H2,1-3H3/b5-4+/t8-/m0/s1. The van der Waals surface area contributed by atoms with Gasteiger partial charge in [0.05, 0.1) is 0 Å². The fourth-order valence-electron chi connectivity index (χ4n) is 0.741. The average Bonchev–Trinajstić information content (AvgIpc) is 1.82. The molecule has 0 aliphatic heterocycles. The lowest BCUT2D eigenvalue weighted by atomic mass is 9.97. The molecule has 0 saturated carbocycles. The second-order valence-corrected chi connectivity index (χ2v) is 2.62. The average molecular weight is 128 g/mol. The minimum absolute atomic E-state index is 0.266. The van der Waals surface area contributed by atoms with E-state index in [1.165, 1.54) is 0 Å². The van der Waals surface area contributed by atoms with Crippen LogP contribution in [0.15, 0.2) is 12.2 Å². The monoisotopic (exact) mass is 128 g/mol. The number of allylic oxidation sites excluding steroid dienone is 1. The van der Waals surface area contributed by atoms with E-state index in [4.69, 9.17) is 5.11 Å². The molecule has 0 radical (unpaired) electrons. The second-order valence-electron chi connectivity index (χ2n) is 2.62. The van der Waals surface area contributed by atoms with Gasteiger partial charge in [0.2, 0.25) is 0 Å². The maximum Gasteiger partial charge on any atom is 0.0496 e. The fraction of sp³-hybridized carbons (Fsp3) is 0.750. The first kappa shape index (κ1) is 8.70. The smallest absolute Gasteiger partial charge is 0.0496 e. The van der Waals surface area contributed by atoms with E-state index in [1.807, 2.05) is 19.1 Å². The van der Waals surface area contributed by atoms with Crippen molar-refractivity contribution < 1.29 is 5.11 Å².